The molecule has 0 saturated heterocycles. The van der Waals surface area contributed by atoms with Crippen molar-refractivity contribution < 1.29 is 13.9 Å². The summed E-state index contributed by atoms with van der Waals surface area (Å²) >= 11 is 0. The third-order valence-electron chi connectivity index (χ3n) is 2.62. The van der Waals surface area contributed by atoms with Crippen molar-refractivity contribution in [1.29, 1.82) is 5.26 Å². The summed E-state index contributed by atoms with van der Waals surface area (Å²) in [6.45, 7) is -0.101. The van der Waals surface area contributed by atoms with E-state index in [1.807, 2.05) is 6.07 Å². The molecular formula is C14H13N3O4. The maximum Gasteiger partial charge on any atom is 0.293 e. The fourth-order valence-electron chi connectivity index (χ4n) is 1.62. The third-order valence-corrected chi connectivity index (χ3v) is 2.62. The number of furan rings is 1. The van der Waals surface area contributed by atoms with E-state index >= 15 is 0 Å². The number of pyridine rings is 1. The largest absolute Gasteiger partial charge is 0.478 e. The number of carbonyl (C=O) groups excluding carboxylic acids is 1. The van der Waals surface area contributed by atoms with Crippen molar-refractivity contribution in [3.05, 3.63) is 52.8 Å². The number of hydrogen-bond acceptors (Lipinski definition) is 5. The SMILES string of the molecule is N#CCn1cccc(OCC(=O)NCc2ccco2)c1=O. The van der Waals surface area contributed by atoms with Crippen LogP contribution in [0.25, 0.3) is 0 Å². The first-order valence-electron chi connectivity index (χ1n) is 6.19. The molecule has 0 aliphatic heterocycles. The number of ether oxygens (including phenoxy) is 1. The van der Waals surface area contributed by atoms with E-state index in [1.165, 1.54) is 23.1 Å². The van der Waals surface area contributed by atoms with Crippen molar-refractivity contribution in [3.8, 4) is 11.8 Å². The molecule has 2 aromatic rings. The molecule has 7 heteroatoms. The molecule has 0 aromatic carbocycles. The highest BCUT2D eigenvalue weighted by molar-refractivity contribution is 5.77. The minimum atomic E-state index is -0.446. The molecule has 21 heavy (non-hydrogen) atoms. The fourth-order valence-corrected chi connectivity index (χ4v) is 1.62. The molecule has 1 amide bonds. The molecule has 0 aliphatic rings. The van der Waals surface area contributed by atoms with E-state index in [0.717, 1.165) is 0 Å². The summed E-state index contributed by atoms with van der Waals surface area (Å²) in [6, 6.07) is 8.36. The third kappa shape index (κ3) is 3.98. The van der Waals surface area contributed by atoms with Gasteiger partial charge in [-0.2, -0.15) is 5.26 Å². The number of nitriles is 1. The Morgan fingerprint density at radius 1 is 1.43 bits per heavy atom. The highest BCUT2D eigenvalue weighted by Crippen LogP contribution is 2.02. The molecule has 2 heterocycles. The molecule has 0 spiro atoms. The Kier molecular flexibility index (Phi) is 4.77. The zero-order valence-electron chi connectivity index (χ0n) is 11.1. The molecule has 0 fully saturated rings. The highest BCUT2D eigenvalue weighted by Gasteiger charge is 2.08. The van der Waals surface area contributed by atoms with Gasteiger partial charge in [-0.1, -0.05) is 0 Å². The van der Waals surface area contributed by atoms with E-state index in [0.29, 0.717) is 5.76 Å². The summed E-state index contributed by atoms with van der Waals surface area (Å²) in [6.07, 6.45) is 3.00. The Bertz CT molecular complexity index is 698. The van der Waals surface area contributed by atoms with E-state index in [4.69, 9.17) is 14.4 Å². The molecule has 2 rings (SSSR count). The zero-order valence-corrected chi connectivity index (χ0v) is 11.1. The maximum atomic E-state index is 11.9. The lowest BCUT2D eigenvalue weighted by atomic mass is 10.4. The number of nitrogens with zero attached hydrogens (tertiary/aromatic N) is 2. The molecule has 2 aromatic heterocycles. The van der Waals surface area contributed by atoms with Gasteiger partial charge in [0.05, 0.1) is 18.9 Å². The van der Waals surface area contributed by atoms with E-state index in [9.17, 15) is 9.59 Å². The lowest BCUT2D eigenvalue weighted by molar-refractivity contribution is -0.123. The molecule has 0 atom stereocenters. The molecule has 0 radical (unpaired) electrons. The van der Waals surface area contributed by atoms with Crippen molar-refractivity contribution in [3.63, 3.8) is 0 Å². The van der Waals surface area contributed by atoms with E-state index in [2.05, 4.69) is 5.32 Å². The summed E-state index contributed by atoms with van der Waals surface area (Å²) in [7, 11) is 0. The molecule has 108 valence electrons. The van der Waals surface area contributed by atoms with Gasteiger partial charge in [0.2, 0.25) is 0 Å². The van der Waals surface area contributed by atoms with Gasteiger partial charge in [-0.3, -0.25) is 14.2 Å². The summed E-state index contributed by atoms with van der Waals surface area (Å²) in [5.74, 6) is 0.279. The van der Waals surface area contributed by atoms with Gasteiger partial charge in [-0.15, -0.1) is 0 Å². The van der Waals surface area contributed by atoms with Gasteiger partial charge in [0.1, 0.15) is 12.3 Å². The molecule has 0 aliphatic carbocycles. The number of hydrogen-bond donors (Lipinski definition) is 1. The van der Waals surface area contributed by atoms with Gasteiger partial charge in [-0.25, -0.2) is 0 Å². The Morgan fingerprint density at radius 3 is 3.00 bits per heavy atom. The smallest absolute Gasteiger partial charge is 0.293 e. The standard InChI is InChI=1S/C14H13N3O4/c15-5-7-17-6-1-4-12(14(17)19)21-10-13(18)16-9-11-3-2-8-20-11/h1-4,6,8H,7,9-10H2,(H,16,18). The quantitative estimate of drug-likeness (QED) is 0.841. The van der Waals surface area contributed by atoms with E-state index in [1.54, 1.807) is 18.2 Å². The number of rotatable bonds is 6. The summed E-state index contributed by atoms with van der Waals surface area (Å²) in [5, 5.41) is 11.2. The lowest BCUT2D eigenvalue weighted by Crippen LogP contribution is -2.30. The fraction of sp³-hybridized carbons (Fsp3) is 0.214. The van der Waals surface area contributed by atoms with Gasteiger partial charge >= 0.3 is 0 Å². The average Bonchev–Trinajstić information content (AvgIpc) is 2.99. The van der Waals surface area contributed by atoms with Gasteiger partial charge in [0, 0.05) is 6.20 Å². The van der Waals surface area contributed by atoms with Crippen LogP contribution in [0.1, 0.15) is 5.76 Å². The molecule has 0 bridgehead atoms. The van der Waals surface area contributed by atoms with Crippen molar-refractivity contribution in [2.24, 2.45) is 0 Å². The van der Waals surface area contributed by atoms with Crippen molar-refractivity contribution in [2.75, 3.05) is 6.61 Å². The lowest BCUT2D eigenvalue weighted by Gasteiger charge is -2.07. The van der Waals surface area contributed by atoms with Crippen LogP contribution in [0.2, 0.25) is 0 Å². The Labute approximate surface area is 120 Å². The first-order valence-corrected chi connectivity index (χ1v) is 6.19. The van der Waals surface area contributed by atoms with Crippen LogP contribution in [-0.4, -0.2) is 17.1 Å². The average molecular weight is 287 g/mol. The van der Waals surface area contributed by atoms with Crippen LogP contribution >= 0.6 is 0 Å². The second-order valence-corrected chi connectivity index (χ2v) is 4.11. The van der Waals surface area contributed by atoms with Crippen LogP contribution < -0.4 is 15.6 Å². The normalized spacial score (nSPS) is 9.86. The van der Waals surface area contributed by atoms with E-state index in [-0.39, 0.29) is 31.4 Å². The van der Waals surface area contributed by atoms with Crippen molar-refractivity contribution in [1.82, 2.24) is 9.88 Å². The number of aromatic nitrogens is 1. The summed E-state index contributed by atoms with van der Waals surface area (Å²) < 4.78 is 11.4. The molecule has 7 nitrogen and oxygen atoms in total. The van der Waals surface area contributed by atoms with Gasteiger partial charge in [-0.05, 0) is 24.3 Å². The van der Waals surface area contributed by atoms with Crippen molar-refractivity contribution >= 4 is 5.91 Å². The summed E-state index contributed by atoms with van der Waals surface area (Å²) in [5.41, 5.74) is -0.446. The number of amides is 1. The monoisotopic (exact) mass is 287 g/mol. The first-order chi connectivity index (χ1) is 10.2. The van der Waals surface area contributed by atoms with Crippen LogP contribution in [0, 0.1) is 11.3 Å². The van der Waals surface area contributed by atoms with Gasteiger partial charge < -0.3 is 14.5 Å². The van der Waals surface area contributed by atoms with Crippen LogP contribution in [0.4, 0.5) is 0 Å². The first kappa shape index (κ1) is 14.4. The second-order valence-electron chi connectivity index (χ2n) is 4.11. The molecule has 0 saturated carbocycles. The van der Waals surface area contributed by atoms with E-state index < -0.39 is 5.56 Å². The molecule has 0 unspecified atom stereocenters. The molecular weight excluding hydrogens is 274 g/mol. The Balaban J connectivity index is 1.88. The summed E-state index contributed by atoms with van der Waals surface area (Å²) in [4.78, 5) is 23.5. The predicted octanol–water partition coefficient (Wildman–Crippen LogP) is 0.660. The minimum absolute atomic E-state index is 0.0286. The molecule has 1 N–H and O–H groups in total. The maximum absolute atomic E-state index is 11.9. The van der Waals surface area contributed by atoms with Crippen LogP contribution in [0.15, 0.2) is 45.9 Å². The number of nitrogens with one attached hydrogen (secondary N) is 1. The second kappa shape index (κ2) is 6.96. The zero-order chi connectivity index (χ0) is 15.1. The van der Waals surface area contributed by atoms with Crippen LogP contribution in [0.5, 0.6) is 5.75 Å². The predicted molar refractivity (Wildman–Crippen MR) is 72.4 cm³/mol. The Hall–Kier alpha value is -3.01. The van der Waals surface area contributed by atoms with Crippen LogP contribution in [-0.2, 0) is 17.9 Å². The highest BCUT2D eigenvalue weighted by atomic mass is 16.5. The van der Waals surface area contributed by atoms with Crippen molar-refractivity contribution in [2.45, 2.75) is 13.1 Å². The number of carbonyl (C=O) groups is 1. The minimum Gasteiger partial charge on any atom is -0.478 e. The van der Waals surface area contributed by atoms with Crippen LogP contribution in [0.3, 0.4) is 0 Å². The Morgan fingerprint density at radius 2 is 2.29 bits per heavy atom. The van der Waals surface area contributed by atoms with Gasteiger partial charge in [0.15, 0.2) is 12.4 Å². The topological polar surface area (TPSA) is 97.3 Å². The van der Waals surface area contributed by atoms with Gasteiger partial charge in [0.25, 0.3) is 11.5 Å².